The fraction of sp³-hybridized carbons (Fsp3) is 0.625. The lowest BCUT2D eigenvalue weighted by Crippen LogP contribution is -2.36. The molecule has 20 heavy (non-hydrogen) atoms. The fourth-order valence-electron chi connectivity index (χ4n) is 2.17. The molecule has 0 aromatic heterocycles. The van der Waals surface area contributed by atoms with Gasteiger partial charge in [0.25, 0.3) is 0 Å². The predicted octanol–water partition coefficient (Wildman–Crippen LogP) is 4.76. The van der Waals surface area contributed by atoms with Crippen molar-refractivity contribution in [1.29, 1.82) is 0 Å². The summed E-state index contributed by atoms with van der Waals surface area (Å²) in [6, 6.07) is 6.84. The van der Waals surface area contributed by atoms with E-state index in [9.17, 15) is 0 Å². The number of nitrogens with one attached hydrogen (secondary N) is 1. The van der Waals surface area contributed by atoms with Gasteiger partial charge in [-0.3, -0.25) is 0 Å². The van der Waals surface area contributed by atoms with Crippen LogP contribution >= 0.6 is 23.2 Å². The van der Waals surface area contributed by atoms with E-state index in [2.05, 4.69) is 38.0 Å². The molecule has 0 aliphatic rings. The zero-order valence-corrected chi connectivity index (χ0v) is 14.4. The van der Waals surface area contributed by atoms with E-state index in [1.807, 2.05) is 18.2 Å². The Morgan fingerprint density at radius 1 is 1.15 bits per heavy atom. The van der Waals surface area contributed by atoms with Crippen LogP contribution in [-0.4, -0.2) is 31.1 Å². The van der Waals surface area contributed by atoms with Crippen molar-refractivity contribution in [1.82, 2.24) is 10.2 Å². The molecule has 2 unspecified atom stereocenters. The van der Waals surface area contributed by atoms with Crippen LogP contribution in [0.25, 0.3) is 0 Å². The first-order valence-electron chi connectivity index (χ1n) is 7.38. The Morgan fingerprint density at radius 2 is 1.85 bits per heavy atom. The minimum absolute atomic E-state index is 0.329. The smallest absolute Gasteiger partial charge is 0.0595 e. The molecule has 0 spiro atoms. The SMILES string of the molecule is CCC(NCCN(C)C(C)CC)c1ccc(Cl)c(Cl)c1. The third-order valence-electron chi connectivity index (χ3n) is 3.95. The summed E-state index contributed by atoms with van der Waals surface area (Å²) in [5.74, 6) is 0. The molecule has 2 atom stereocenters. The van der Waals surface area contributed by atoms with Gasteiger partial charge in [-0.15, -0.1) is 0 Å². The predicted molar refractivity (Wildman–Crippen MR) is 89.9 cm³/mol. The maximum absolute atomic E-state index is 6.09. The van der Waals surface area contributed by atoms with E-state index >= 15 is 0 Å². The molecular formula is C16H26Cl2N2. The molecule has 0 saturated carbocycles. The lowest BCUT2D eigenvalue weighted by atomic mass is 10.0. The van der Waals surface area contributed by atoms with Crippen LogP contribution in [0.4, 0.5) is 0 Å². The minimum Gasteiger partial charge on any atom is -0.309 e. The molecular weight excluding hydrogens is 291 g/mol. The van der Waals surface area contributed by atoms with Crippen LogP contribution in [0.3, 0.4) is 0 Å². The van der Waals surface area contributed by atoms with Crippen LogP contribution in [0.15, 0.2) is 18.2 Å². The highest BCUT2D eigenvalue weighted by molar-refractivity contribution is 6.42. The van der Waals surface area contributed by atoms with Crippen LogP contribution in [0.5, 0.6) is 0 Å². The molecule has 4 heteroatoms. The molecule has 0 aliphatic carbocycles. The fourth-order valence-corrected chi connectivity index (χ4v) is 2.48. The average Bonchev–Trinajstić information content (AvgIpc) is 2.45. The van der Waals surface area contributed by atoms with Crippen molar-refractivity contribution >= 4 is 23.2 Å². The largest absolute Gasteiger partial charge is 0.309 e. The second kappa shape index (κ2) is 8.89. The van der Waals surface area contributed by atoms with Crippen LogP contribution < -0.4 is 5.32 Å². The van der Waals surface area contributed by atoms with Crippen molar-refractivity contribution in [3.63, 3.8) is 0 Å². The van der Waals surface area contributed by atoms with Gasteiger partial charge in [0.2, 0.25) is 0 Å². The van der Waals surface area contributed by atoms with Gasteiger partial charge >= 0.3 is 0 Å². The second-order valence-electron chi connectivity index (χ2n) is 5.33. The van der Waals surface area contributed by atoms with E-state index in [0.717, 1.165) is 19.5 Å². The first kappa shape index (κ1) is 17.8. The number of halogens is 2. The van der Waals surface area contributed by atoms with Crippen molar-refractivity contribution in [3.05, 3.63) is 33.8 Å². The summed E-state index contributed by atoms with van der Waals surface area (Å²) >= 11 is 12.1. The van der Waals surface area contributed by atoms with Crippen LogP contribution in [-0.2, 0) is 0 Å². The summed E-state index contributed by atoms with van der Waals surface area (Å²) in [5.41, 5.74) is 1.20. The van der Waals surface area contributed by atoms with Gasteiger partial charge in [0.05, 0.1) is 10.0 Å². The highest BCUT2D eigenvalue weighted by Crippen LogP contribution is 2.26. The summed E-state index contributed by atoms with van der Waals surface area (Å²) < 4.78 is 0. The van der Waals surface area contributed by atoms with Gasteiger partial charge in [-0.1, -0.05) is 43.1 Å². The quantitative estimate of drug-likeness (QED) is 0.743. The molecule has 0 bridgehead atoms. The van der Waals surface area contributed by atoms with Gasteiger partial charge in [-0.05, 0) is 44.5 Å². The Labute approximate surface area is 133 Å². The first-order chi connectivity index (χ1) is 9.49. The Balaban J connectivity index is 2.53. The standard InChI is InChI=1S/C16H26Cl2N2/c1-5-12(3)20(4)10-9-19-16(6-2)13-7-8-14(17)15(18)11-13/h7-8,11-12,16,19H,5-6,9-10H2,1-4H3. The van der Waals surface area contributed by atoms with Crippen molar-refractivity contribution in [2.24, 2.45) is 0 Å². The first-order valence-corrected chi connectivity index (χ1v) is 8.13. The topological polar surface area (TPSA) is 15.3 Å². The lowest BCUT2D eigenvalue weighted by molar-refractivity contribution is 0.248. The number of hydrogen-bond donors (Lipinski definition) is 1. The molecule has 0 heterocycles. The van der Waals surface area contributed by atoms with Gasteiger partial charge in [-0.25, -0.2) is 0 Å². The molecule has 114 valence electrons. The Bertz CT molecular complexity index is 409. The molecule has 1 aromatic carbocycles. The molecule has 0 amide bonds. The van der Waals surface area contributed by atoms with Crippen molar-refractivity contribution in [2.75, 3.05) is 20.1 Å². The monoisotopic (exact) mass is 316 g/mol. The van der Waals surface area contributed by atoms with E-state index in [0.29, 0.717) is 22.1 Å². The maximum atomic E-state index is 6.09. The number of hydrogen-bond acceptors (Lipinski definition) is 2. The second-order valence-corrected chi connectivity index (χ2v) is 6.14. The van der Waals surface area contributed by atoms with Gasteiger partial charge in [0, 0.05) is 25.2 Å². The van der Waals surface area contributed by atoms with E-state index in [1.54, 1.807) is 0 Å². The zero-order valence-electron chi connectivity index (χ0n) is 12.9. The Kier molecular flexibility index (Phi) is 7.90. The molecule has 0 fully saturated rings. The average molecular weight is 317 g/mol. The summed E-state index contributed by atoms with van der Waals surface area (Å²) in [5, 5.41) is 4.84. The van der Waals surface area contributed by atoms with E-state index in [4.69, 9.17) is 23.2 Å². The molecule has 0 radical (unpaired) electrons. The molecule has 2 nitrogen and oxygen atoms in total. The highest BCUT2D eigenvalue weighted by atomic mass is 35.5. The molecule has 0 saturated heterocycles. The van der Waals surface area contributed by atoms with Crippen LogP contribution in [0.1, 0.15) is 45.2 Å². The van der Waals surface area contributed by atoms with Crippen LogP contribution in [0.2, 0.25) is 10.0 Å². The van der Waals surface area contributed by atoms with E-state index < -0.39 is 0 Å². The Hall–Kier alpha value is -0.280. The molecule has 1 N–H and O–H groups in total. The molecule has 0 aliphatic heterocycles. The number of nitrogens with zero attached hydrogens (tertiary/aromatic N) is 1. The maximum Gasteiger partial charge on any atom is 0.0595 e. The summed E-state index contributed by atoms with van der Waals surface area (Å²) in [6.07, 6.45) is 2.21. The van der Waals surface area contributed by atoms with Gasteiger partial charge in [-0.2, -0.15) is 0 Å². The Morgan fingerprint density at radius 3 is 2.40 bits per heavy atom. The van der Waals surface area contributed by atoms with Crippen molar-refractivity contribution < 1.29 is 0 Å². The zero-order chi connectivity index (χ0) is 15.1. The number of benzene rings is 1. The third kappa shape index (κ3) is 5.25. The summed E-state index contributed by atoms with van der Waals surface area (Å²) in [7, 11) is 2.18. The van der Waals surface area contributed by atoms with Crippen molar-refractivity contribution in [3.8, 4) is 0 Å². The van der Waals surface area contributed by atoms with Crippen molar-refractivity contribution in [2.45, 2.75) is 45.7 Å². The van der Waals surface area contributed by atoms with E-state index in [-0.39, 0.29) is 0 Å². The summed E-state index contributed by atoms with van der Waals surface area (Å²) in [6.45, 7) is 8.68. The minimum atomic E-state index is 0.329. The number of likely N-dealkylation sites (N-methyl/N-ethyl adjacent to an activating group) is 1. The van der Waals surface area contributed by atoms with E-state index in [1.165, 1.54) is 12.0 Å². The van der Waals surface area contributed by atoms with Crippen LogP contribution in [0, 0.1) is 0 Å². The number of rotatable bonds is 8. The normalized spacial score (nSPS) is 14.6. The van der Waals surface area contributed by atoms with Gasteiger partial charge in [0.1, 0.15) is 0 Å². The molecule has 1 aromatic rings. The molecule has 1 rings (SSSR count). The van der Waals surface area contributed by atoms with Gasteiger partial charge < -0.3 is 10.2 Å². The highest BCUT2D eigenvalue weighted by Gasteiger charge is 2.11. The summed E-state index contributed by atoms with van der Waals surface area (Å²) in [4.78, 5) is 2.38. The lowest BCUT2D eigenvalue weighted by Gasteiger charge is -2.25. The third-order valence-corrected chi connectivity index (χ3v) is 4.69. The van der Waals surface area contributed by atoms with Gasteiger partial charge in [0.15, 0.2) is 0 Å².